The number of para-hydroxylation sites is 1. The number of hydrogen-bond donors (Lipinski definition) is 1. The number of aromatic nitrogens is 2. The predicted octanol–water partition coefficient (Wildman–Crippen LogP) is 2.85. The molecule has 2 unspecified atom stereocenters. The van der Waals surface area contributed by atoms with Crippen LogP contribution in [0.5, 0.6) is 0 Å². The predicted molar refractivity (Wildman–Crippen MR) is 88.1 cm³/mol. The summed E-state index contributed by atoms with van der Waals surface area (Å²) < 4.78 is 13.6. The molecule has 0 radical (unpaired) electrons. The number of benzene rings is 1. The number of anilines is 1. The van der Waals surface area contributed by atoms with Crippen molar-refractivity contribution in [1.29, 1.82) is 0 Å². The second kappa shape index (κ2) is 6.02. The fourth-order valence-electron chi connectivity index (χ4n) is 3.01. The van der Waals surface area contributed by atoms with Crippen molar-refractivity contribution in [3.8, 4) is 11.3 Å². The minimum atomic E-state index is -0.811. The van der Waals surface area contributed by atoms with Crippen molar-refractivity contribution in [2.75, 3.05) is 23.9 Å². The van der Waals surface area contributed by atoms with E-state index in [1.165, 1.54) is 23.2 Å². The molecule has 1 aliphatic rings. The van der Waals surface area contributed by atoms with Gasteiger partial charge in [0.05, 0.1) is 18.2 Å². The number of hydrogen-bond acceptors (Lipinski definition) is 3. The lowest BCUT2D eigenvalue weighted by Crippen LogP contribution is -2.15. The van der Waals surface area contributed by atoms with Crippen LogP contribution in [0.2, 0.25) is 0 Å². The van der Waals surface area contributed by atoms with Crippen molar-refractivity contribution in [3.05, 3.63) is 36.3 Å². The molecular formula is C16H21N3OS. The molecule has 0 aliphatic carbocycles. The van der Waals surface area contributed by atoms with Crippen LogP contribution in [0.15, 0.2) is 30.7 Å². The van der Waals surface area contributed by atoms with Crippen LogP contribution in [-0.2, 0) is 17.2 Å². The Morgan fingerprint density at radius 3 is 3.14 bits per heavy atom. The summed E-state index contributed by atoms with van der Waals surface area (Å²) in [6.07, 6.45) is 7.80. The Labute approximate surface area is 128 Å². The zero-order chi connectivity index (χ0) is 14.8. The molecule has 2 aromatic rings. The van der Waals surface area contributed by atoms with E-state index >= 15 is 0 Å². The van der Waals surface area contributed by atoms with Crippen LogP contribution in [0.3, 0.4) is 0 Å². The number of fused-ring (bicyclic) bond motifs is 1. The third kappa shape index (κ3) is 2.88. The van der Waals surface area contributed by atoms with Crippen LogP contribution < -0.4 is 5.32 Å². The molecule has 1 aliphatic heterocycles. The summed E-state index contributed by atoms with van der Waals surface area (Å²) in [6.45, 7) is 3.11. The average Bonchev–Trinajstić information content (AvgIpc) is 2.95. The molecule has 0 amide bonds. The molecule has 21 heavy (non-hydrogen) atoms. The maximum Gasteiger partial charge on any atom is 0.0953 e. The molecule has 1 aromatic carbocycles. The minimum absolute atomic E-state index is 0.174. The van der Waals surface area contributed by atoms with Crippen molar-refractivity contribution in [2.45, 2.75) is 25.8 Å². The van der Waals surface area contributed by atoms with Gasteiger partial charge in [0.1, 0.15) is 0 Å². The molecule has 0 saturated carbocycles. The van der Waals surface area contributed by atoms with E-state index in [1.807, 2.05) is 12.5 Å². The summed E-state index contributed by atoms with van der Waals surface area (Å²) in [5, 5.41) is 3.53. The standard InChI is InChI=1S/C16H21N3OS/c1-12(10-21(2)20)19-11-17-9-15(19)14-7-3-5-13-6-4-8-18-16(13)14/h3,5,7,9,11-12,18H,4,6,8,10H2,1-2H3. The van der Waals surface area contributed by atoms with E-state index in [0.29, 0.717) is 5.75 Å². The Bertz CT molecular complexity index is 665. The second-order valence-corrected chi connectivity index (χ2v) is 7.12. The molecule has 5 heteroatoms. The van der Waals surface area contributed by atoms with Crippen LogP contribution in [0.4, 0.5) is 5.69 Å². The molecule has 3 rings (SSSR count). The van der Waals surface area contributed by atoms with Gasteiger partial charge in [-0.2, -0.15) is 0 Å². The van der Waals surface area contributed by atoms with Crippen molar-refractivity contribution < 1.29 is 4.21 Å². The normalized spacial score (nSPS) is 16.9. The van der Waals surface area contributed by atoms with Gasteiger partial charge >= 0.3 is 0 Å². The summed E-state index contributed by atoms with van der Waals surface area (Å²) in [5.74, 6) is 0.645. The molecule has 1 aromatic heterocycles. The van der Waals surface area contributed by atoms with Crippen molar-refractivity contribution in [1.82, 2.24) is 9.55 Å². The first-order valence-corrected chi connectivity index (χ1v) is 9.07. The van der Waals surface area contributed by atoms with E-state index in [0.717, 1.165) is 18.7 Å². The van der Waals surface area contributed by atoms with Gasteiger partial charge in [0.2, 0.25) is 0 Å². The van der Waals surface area contributed by atoms with Crippen LogP contribution in [-0.4, -0.2) is 32.3 Å². The Morgan fingerprint density at radius 2 is 2.33 bits per heavy atom. The van der Waals surface area contributed by atoms with E-state index in [4.69, 9.17) is 0 Å². The molecule has 0 fully saturated rings. The summed E-state index contributed by atoms with van der Waals surface area (Å²) in [7, 11) is -0.811. The van der Waals surface area contributed by atoms with Gasteiger partial charge in [-0.25, -0.2) is 4.98 Å². The third-order valence-corrected chi connectivity index (χ3v) is 4.92. The lowest BCUT2D eigenvalue weighted by molar-refractivity contribution is 0.601. The van der Waals surface area contributed by atoms with Gasteiger partial charge in [-0.15, -0.1) is 0 Å². The van der Waals surface area contributed by atoms with E-state index in [1.54, 1.807) is 6.26 Å². The highest BCUT2D eigenvalue weighted by atomic mass is 32.2. The second-order valence-electron chi connectivity index (χ2n) is 5.65. The number of nitrogens with zero attached hydrogens (tertiary/aromatic N) is 2. The lowest BCUT2D eigenvalue weighted by atomic mass is 9.98. The first kappa shape index (κ1) is 14.3. The quantitative estimate of drug-likeness (QED) is 0.945. The van der Waals surface area contributed by atoms with Gasteiger partial charge in [0, 0.05) is 46.6 Å². The van der Waals surface area contributed by atoms with Gasteiger partial charge < -0.3 is 9.88 Å². The van der Waals surface area contributed by atoms with Crippen LogP contribution in [0.1, 0.15) is 24.9 Å². The molecule has 112 valence electrons. The van der Waals surface area contributed by atoms with Crippen molar-refractivity contribution in [3.63, 3.8) is 0 Å². The Kier molecular flexibility index (Phi) is 4.10. The molecule has 1 N–H and O–H groups in total. The van der Waals surface area contributed by atoms with Gasteiger partial charge in [0.25, 0.3) is 0 Å². The summed E-state index contributed by atoms with van der Waals surface area (Å²) >= 11 is 0. The van der Waals surface area contributed by atoms with E-state index < -0.39 is 10.8 Å². The van der Waals surface area contributed by atoms with Gasteiger partial charge in [-0.05, 0) is 25.3 Å². The fourth-order valence-corrected chi connectivity index (χ4v) is 3.85. The van der Waals surface area contributed by atoms with E-state index in [-0.39, 0.29) is 6.04 Å². The Balaban J connectivity index is 2.02. The summed E-state index contributed by atoms with van der Waals surface area (Å²) in [6, 6.07) is 6.62. The van der Waals surface area contributed by atoms with Crippen molar-refractivity contribution >= 4 is 16.5 Å². The molecule has 4 nitrogen and oxygen atoms in total. The molecule has 0 bridgehead atoms. The molecular weight excluding hydrogens is 282 g/mol. The lowest BCUT2D eigenvalue weighted by Gasteiger charge is -2.23. The topological polar surface area (TPSA) is 46.9 Å². The highest BCUT2D eigenvalue weighted by molar-refractivity contribution is 7.84. The van der Waals surface area contributed by atoms with Gasteiger partial charge in [-0.3, -0.25) is 4.21 Å². The minimum Gasteiger partial charge on any atom is -0.384 e. The smallest absolute Gasteiger partial charge is 0.0953 e. The number of rotatable bonds is 4. The first-order chi connectivity index (χ1) is 10.2. The maximum atomic E-state index is 11.5. The largest absolute Gasteiger partial charge is 0.384 e. The zero-order valence-electron chi connectivity index (χ0n) is 12.5. The molecule has 2 heterocycles. The SMILES string of the molecule is CC(CS(C)=O)n1cncc1-c1cccc2c1NCCC2. The molecule has 0 spiro atoms. The van der Waals surface area contributed by atoms with Gasteiger partial charge in [0.15, 0.2) is 0 Å². The van der Waals surface area contributed by atoms with E-state index in [2.05, 4.69) is 40.0 Å². The Morgan fingerprint density at radius 1 is 1.48 bits per heavy atom. The number of imidazole rings is 1. The number of nitrogens with one attached hydrogen (secondary N) is 1. The molecule has 2 atom stereocenters. The first-order valence-electron chi connectivity index (χ1n) is 7.35. The van der Waals surface area contributed by atoms with Gasteiger partial charge in [-0.1, -0.05) is 18.2 Å². The van der Waals surface area contributed by atoms with E-state index in [9.17, 15) is 4.21 Å². The monoisotopic (exact) mass is 303 g/mol. The van der Waals surface area contributed by atoms with Crippen LogP contribution in [0.25, 0.3) is 11.3 Å². The number of aryl methyl sites for hydroxylation is 1. The third-order valence-electron chi connectivity index (χ3n) is 3.97. The summed E-state index contributed by atoms with van der Waals surface area (Å²) in [4.78, 5) is 4.31. The Hall–Kier alpha value is -1.62. The summed E-state index contributed by atoms with van der Waals surface area (Å²) in [5.41, 5.74) is 4.89. The fraction of sp³-hybridized carbons (Fsp3) is 0.438. The zero-order valence-corrected chi connectivity index (χ0v) is 13.3. The maximum absolute atomic E-state index is 11.5. The van der Waals surface area contributed by atoms with Crippen LogP contribution >= 0.6 is 0 Å². The highest BCUT2D eigenvalue weighted by Crippen LogP contribution is 2.34. The van der Waals surface area contributed by atoms with Crippen LogP contribution in [0, 0.1) is 0 Å². The molecule has 0 saturated heterocycles. The average molecular weight is 303 g/mol. The van der Waals surface area contributed by atoms with Crippen molar-refractivity contribution in [2.24, 2.45) is 0 Å². The highest BCUT2D eigenvalue weighted by Gasteiger charge is 2.18.